The fraction of sp³-hybridized carbons (Fsp3) is 0.214. The van der Waals surface area contributed by atoms with Crippen LogP contribution in [0.5, 0.6) is 0 Å². The van der Waals surface area contributed by atoms with Gasteiger partial charge in [0.2, 0.25) is 5.76 Å². The number of nitrogens with zero attached hydrogens (tertiary/aromatic N) is 2. The number of hydrogen-bond donors (Lipinski definition) is 2. The first kappa shape index (κ1) is 13.1. The summed E-state index contributed by atoms with van der Waals surface area (Å²) in [4.78, 5) is 3.19. The quantitative estimate of drug-likeness (QED) is 0.625. The van der Waals surface area contributed by atoms with Gasteiger partial charge in [0.15, 0.2) is 0 Å². The number of benzene rings is 1. The molecular formula is C14H15N3O2. The van der Waals surface area contributed by atoms with Crippen LogP contribution in [0.1, 0.15) is 6.42 Å². The van der Waals surface area contributed by atoms with Crippen molar-refractivity contribution in [1.82, 2.24) is 0 Å². The number of anilines is 1. The molecule has 0 aliphatic heterocycles. The van der Waals surface area contributed by atoms with Crippen LogP contribution >= 0.6 is 0 Å². The molecule has 2 N–H and O–H groups in total. The Morgan fingerprint density at radius 3 is 2.79 bits per heavy atom. The third-order valence-corrected chi connectivity index (χ3v) is 2.62. The Balaban J connectivity index is 2.12. The number of nitrogens with one attached hydrogen (secondary N) is 1. The van der Waals surface area contributed by atoms with Gasteiger partial charge in [0.1, 0.15) is 6.61 Å². The highest BCUT2D eigenvalue weighted by Crippen LogP contribution is 2.18. The van der Waals surface area contributed by atoms with Crippen LogP contribution in [0.2, 0.25) is 0 Å². The zero-order chi connectivity index (χ0) is 13.5. The molecule has 0 atom stereocenters. The van der Waals surface area contributed by atoms with Crippen LogP contribution < -0.4 is 5.32 Å². The van der Waals surface area contributed by atoms with Crippen LogP contribution in [0.15, 0.2) is 53.9 Å². The summed E-state index contributed by atoms with van der Waals surface area (Å²) in [5.74, 6) is 0.470. The molecule has 0 radical (unpaired) electrons. The maximum Gasteiger partial charge on any atom is 0.337 e. The van der Waals surface area contributed by atoms with E-state index in [0.717, 1.165) is 11.4 Å². The molecule has 0 unspecified atom stereocenters. The minimum Gasteiger partial charge on any atom is -0.484 e. The first-order valence-corrected chi connectivity index (χ1v) is 6.02. The van der Waals surface area contributed by atoms with E-state index in [9.17, 15) is 0 Å². The summed E-state index contributed by atoms with van der Waals surface area (Å²) in [6.45, 7) is 0.0880. The maximum atomic E-state index is 8.89. The second-order valence-electron chi connectivity index (χ2n) is 3.98. The lowest BCUT2D eigenvalue weighted by Gasteiger charge is -2.13. The van der Waals surface area contributed by atoms with Crippen molar-refractivity contribution in [3.05, 3.63) is 59.5 Å². The third-order valence-electron chi connectivity index (χ3n) is 2.62. The van der Waals surface area contributed by atoms with Gasteiger partial charge in [-0.15, -0.1) is 0 Å². The smallest absolute Gasteiger partial charge is 0.337 e. The van der Waals surface area contributed by atoms with Gasteiger partial charge in [0.25, 0.3) is 0 Å². The van der Waals surface area contributed by atoms with E-state index in [4.69, 9.17) is 15.4 Å². The van der Waals surface area contributed by atoms with Crippen LogP contribution in [0.3, 0.4) is 0 Å². The molecule has 5 nitrogen and oxygen atoms in total. The van der Waals surface area contributed by atoms with Crippen molar-refractivity contribution in [3.63, 3.8) is 0 Å². The molecule has 2 rings (SSSR count). The number of aliphatic hydroxyl groups is 1. The summed E-state index contributed by atoms with van der Waals surface area (Å²) in [6.07, 6.45) is 4.14. The molecule has 0 saturated heterocycles. The fourth-order valence-electron chi connectivity index (χ4n) is 1.74. The Morgan fingerprint density at radius 1 is 1.32 bits per heavy atom. The largest absolute Gasteiger partial charge is 0.484 e. The van der Waals surface area contributed by atoms with Gasteiger partial charge in [-0.05, 0) is 18.2 Å². The van der Waals surface area contributed by atoms with E-state index in [1.165, 1.54) is 0 Å². The van der Waals surface area contributed by atoms with E-state index in [1.54, 1.807) is 6.08 Å². The second-order valence-corrected chi connectivity index (χ2v) is 3.98. The Kier molecular flexibility index (Phi) is 4.50. The van der Waals surface area contributed by atoms with Crippen LogP contribution in [0.4, 0.5) is 5.69 Å². The van der Waals surface area contributed by atoms with Gasteiger partial charge in [-0.2, -0.15) is 4.79 Å². The first-order valence-electron chi connectivity index (χ1n) is 6.02. The van der Waals surface area contributed by atoms with Crippen molar-refractivity contribution < 1.29 is 14.6 Å². The Hall–Kier alpha value is -2.36. The second kappa shape index (κ2) is 6.54. The summed E-state index contributed by atoms with van der Waals surface area (Å²) in [6, 6.07) is 9.75. The summed E-state index contributed by atoms with van der Waals surface area (Å²) in [5.41, 5.74) is 11.2. The zero-order valence-corrected chi connectivity index (χ0v) is 10.4. The topological polar surface area (TPSA) is 77.9 Å². The van der Waals surface area contributed by atoms with E-state index in [2.05, 4.69) is 10.1 Å². The average molecular weight is 257 g/mol. The van der Waals surface area contributed by atoms with E-state index >= 15 is 0 Å². The SMILES string of the molecule is [N-]=[N+]=C1CC=C(Nc2ccccc2)C=C1OCCO. The first-order chi connectivity index (χ1) is 9.33. The monoisotopic (exact) mass is 257 g/mol. The predicted molar refractivity (Wildman–Crippen MR) is 72.5 cm³/mol. The van der Waals surface area contributed by atoms with Crippen LogP contribution in [0.25, 0.3) is 5.53 Å². The van der Waals surface area contributed by atoms with Crippen LogP contribution in [-0.2, 0) is 4.74 Å². The molecule has 98 valence electrons. The van der Waals surface area contributed by atoms with Crippen molar-refractivity contribution >= 4 is 11.4 Å². The average Bonchev–Trinajstić information content (AvgIpc) is 2.46. The number of para-hydroxylation sites is 1. The van der Waals surface area contributed by atoms with Crippen molar-refractivity contribution in [2.24, 2.45) is 0 Å². The number of aliphatic hydroxyl groups excluding tert-OH is 1. The predicted octanol–water partition coefficient (Wildman–Crippen LogP) is 1.95. The Morgan fingerprint density at radius 2 is 2.11 bits per heavy atom. The molecule has 0 fully saturated rings. The van der Waals surface area contributed by atoms with Crippen molar-refractivity contribution in [3.8, 4) is 0 Å². The van der Waals surface area contributed by atoms with Crippen molar-refractivity contribution in [1.29, 1.82) is 0 Å². The molecule has 1 aromatic carbocycles. The fourth-order valence-corrected chi connectivity index (χ4v) is 1.74. The number of rotatable bonds is 5. The van der Waals surface area contributed by atoms with Gasteiger partial charge < -0.3 is 20.7 Å². The Bertz CT molecular complexity index is 543. The lowest BCUT2D eigenvalue weighted by molar-refractivity contribution is -0.0127. The van der Waals surface area contributed by atoms with Crippen LogP contribution in [-0.4, -0.2) is 28.8 Å². The standard InChI is InChI=1S/C14H15N3O2/c15-17-13-7-6-12(10-14(13)19-9-8-18)16-11-4-2-1-3-5-11/h1-6,10,16,18H,7-9H2. The summed E-state index contributed by atoms with van der Waals surface area (Å²) in [5, 5.41) is 12.0. The lowest BCUT2D eigenvalue weighted by Crippen LogP contribution is -2.15. The number of hydrogen-bond acceptors (Lipinski definition) is 3. The molecular weight excluding hydrogens is 242 g/mol. The Labute approximate surface area is 111 Å². The normalized spacial score (nSPS) is 14.3. The molecule has 1 aromatic rings. The van der Waals surface area contributed by atoms with Gasteiger partial charge in [0, 0.05) is 17.5 Å². The van der Waals surface area contributed by atoms with Gasteiger partial charge >= 0.3 is 5.71 Å². The van der Waals surface area contributed by atoms with E-state index in [0.29, 0.717) is 17.9 Å². The van der Waals surface area contributed by atoms with E-state index in [1.807, 2.05) is 36.4 Å². The highest BCUT2D eigenvalue weighted by Gasteiger charge is 2.21. The molecule has 19 heavy (non-hydrogen) atoms. The van der Waals surface area contributed by atoms with Crippen molar-refractivity contribution in [2.45, 2.75) is 6.42 Å². The molecule has 0 aromatic heterocycles. The third kappa shape index (κ3) is 3.55. The molecule has 1 aliphatic carbocycles. The number of ether oxygens (including phenoxy) is 1. The molecule has 1 aliphatic rings. The minimum atomic E-state index is -0.0821. The molecule has 5 heteroatoms. The molecule has 0 bridgehead atoms. The van der Waals surface area contributed by atoms with E-state index in [-0.39, 0.29) is 13.2 Å². The lowest BCUT2D eigenvalue weighted by atomic mass is 10.1. The molecule has 0 heterocycles. The van der Waals surface area contributed by atoms with E-state index < -0.39 is 0 Å². The maximum absolute atomic E-state index is 8.89. The zero-order valence-electron chi connectivity index (χ0n) is 10.4. The van der Waals surface area contributed by atoms with Gasteiger partial charge in [-0.1, -0.05) is 18.2 Å². The van der Waals surface area contributed by atoms with Gasteiger partial charge in [0.05, 0.1) is 13.0 Å². The molecule has 0 saturated carbocycles. The minimum absolute atomic E-state index is 0.0821. The van der Waals surface area contributed by atoms with Crippen LogP contribution in [0, 0.1) is 0 Å². The number of allylic oxidation sites excluding steroid dienone is 3. The van der Waals surface area contributed by atoms with Crippen molar-refractivity contribution in [2.75, 3.05) is 18.5 Å². The summed E-state index contributed by atoms with van der Waals surface area (Å²) in [7, 11) is 0. The molecule has 0 spiro atoms. The highest BCUT2D eigenvalue weighted by atomic mass is 16.5. The van der Waals surface area contributed by atoms with Gasteiger partial charge in [-0.3, -0.25) is 0 Å². The summed E-state index contributed by atoms with van der Waals surface area (Å²) < 4.78 is 5.34. The van der Waals surface area contributed by atoms with Gasteiger partial charge in [-0.25, -0.2) is 0 Å². The highest BCUT2D eigenvalue weighted by molar-refractivity contribution is 5.97. The summed E-state index contributed by atoms with van der Waals surface area (Å²) >= 11 is 0. The molecule has 0 amide bonds.